The van der Waals surface area contributed by atoms with E-state index in [9.17, 15) is 0 Å². The van der Waals surface area contributed by atoms with Crippen molar-refractivity contribution in [2.45, 2.75) is 26.9 Å². The zero-order valence-electron chi connectivity index (χ0n) is 8.90. The number of aromatic nitrogens is 3. The first-order valence-corrected chi connectivity index (χ1v) is 5.01. The van der Waals surface area contributed by atoms with Crippen LogP contribution in [-0.4, -0.2) is 27.9 Å². The van der Waals surface area contributed by atoms with Crippen LogP contribution in [0.25, 0.3) is 0 Å². The van der Waals surface area contributed by atoms with E-state index in [0.717, 1.165) is 25.5 Å². The van der Waals surface area contributed by atoms with Crippen molar-refractivity contribution < 1.29 is 0 Å². The van der Waals surface area contributed by atoms with Crippen LogP contribution in [-0.2, 0) is 13.1 Å². The van der Waals surface area contributed by atoms with Crippen molar-refractivity contribution in [1.82, 2.24) is 20.1 Å². The van der Waals surface area contributed by atoms with E-state index in [1.807, 2.05) is 4.68 Å². The van der Waals surface area contributed by atoms with E-state index < -0.39 is 0 Å². The molecule has 0 unspecified atom stereocenters. The molecule has 5 heteroatoms. The van der Waals surface area contributed by atoms with Gasteiger partial charge in [0.15, 0.2) is 0 Å². The van der Waals surface area contributed by atoms with Gasteiger partial charge in [-0.05, 0) is 5.92 Å². The summed E-state index contributed by atoms with van der Waals surface area (Å²) in [5, 5.41) is 7.37. The van der Waals surface area contributed by atoms with Gasteiger partial charge in [0, 0.05) is 19.6 Å². The van der Waals surface area contributed by atoms with Crippen molar-refractivity contribution in [2.75, 3.05) is 13.1 Å². The molecular weight excluding hydrogens is 178 g/mol. The van der Waals surface area contributed by atoms with Crippen LogP contribution in [0.4, 0.5) is 0 Å². The first-order chi connectivity index (χ1) is 6.74. The zero-order valence-corrected chi connectivity index (χ0v) is 8.90. The summed E-state index contributed by atoms with van der Waals surface area (Å²) in [5.74, 6) is 1.57. The van der Waals surface area contributed by atoms with Crippen molar-refractivity contribution in [3.63, 3.8) is 0 Å². The van der Waals surface area contributed by atoms with Crippen LogP contribution in [0.3, 0.4) is 0 Å². The highest BCUT2D eigenvalue weighted by molar-refractivity contribution is 4.83. The average Bonchev–Trinajstić information content (AvgIpc) is 2.52. The normalized spacial score (nSPS) is 11.1. The largest absolute Gasteiger partial charge is 0.329 e. The van der Waals surface area contributed by atoms with Gasteiger partial charge in [-0.25, -0.2) is 9.67 Å². The molecule has 0 amide bonds. The lowest BCUT2D eigenvalue weighted by Gasteiger charge is -2.08. The molecular formula is C9H19N5. The van der Waals surface area contributed by atoms with E-state index in [-0.39, 0.29) is 0 Å². The molecule has 1 aromatic rings. The summed E-state index contributed by atoms with van der Waals surface area (Å²) in [6.07, 6.45) is 1.60. The van der Waals surface area contributed by atoms with Gasteiger partial charge in [-0.15, -0.1) is 0 Å². The maximum absolute atomic E-state index is 5.38. The van der Waals surface area contributed by atoms with Crippen LogP contribution >= 0.6 is 0 Å². The summed E-state index contributed by atoms with van der Waals surface area (Å²) in [7, 11) is 0. The van der Waals surface area contributed by atoms with Crippen LogP contribution in [0.2, 0.25) is 0 Å². The molecule has 14 heavy (non-hydrogen) atoms. The molecule has 1 rings (SSSR count). The molecule has 0 saturated heterocycles. The highest BCUT2D eigenvalue weighted by atomic mass is 15.3. The fourth-order valence-corrected chi connectivity index (χ4v) is 1.23. The third-order valence-corrected chi connectivity index (χ3v) is 1.84. The van der Waals surface area contributed by atoms with Crippen LogP contribution < -0.4 is 11.1 Å². The fourth-order valence-electron chi connectivity index (χ4n) is 1.23. The lowest BCUT2D eigenvalue weighted by molar-refractivity contribution is 0.458. The van der Waals surface area contributed by atoms with E-state index in [0.29, 0.717) is 12.5 Å². The zero-order chi connectivity index (χ0) is 10.4. The molecule has 0 bridgehead atoms. The van der Waals surface area contributed by atoms with Crippen LogP contribution in [0, 0.1) is 5.92 Å². The number of nitrogens with two attached hydrogens (primary N) is 1. The van der Waals surface area contributed by atoms with E-state index in [1.54, 1.807) is 6.33 Å². The first-order valence-electron chi connectivity index (χ1n) is 5.01. The highest BCUT2D eigenvalue weighted by Gasteiger charge is 2.04. The molecule has 0 aliphatic rings. The Labute approximate surface area is 84.7 Å². The molecule has 1 aromatic heterocycles. The molecule has 0 aromatic carbocycles. The van der Waals surface area contributed by atoms with Crippen molar-refractivity contribution in [3.8, 4) is 0 Å². The van der Waals surface area contributed by atoms with Gasteiger partial charge in [-0.2, -0.15) is 5.10 Å². The Bertz CT molecular complexity index is 255. The lowest BCUT2D eigenvalue weighted by Crippen LogP contribution is -2.24. The SMILES string of the molecule is CC(C)Cn1ncnc1CNCCN. The Kier molecular flexibility index (Phi) is 4.55. The van der Waals surface area contributed by atoms with Crippen LogP contribution in [0.15, 0.2) is 6.33 Å². The topological polar surface area (TPSA) is 68.8 Å². The van der Waals surface area contributed by atoms with Crippen molar-refractivity contribution in [2.24, 2.45) is 11.7 Å². The minimum absolute atomic E-state index is 0.588. The van der Waals surface area contributed by atoms with Gasteiger partial charge in [-0.3, -0.25) is 0 Å². The van der Waals surface area contributed by atoms with Crippen LogP contribution in [0.5, 0.6) is 0 Å². The number of nitrogens with zero attached hydrogens (tertiary/aromatic N) is 3. The Morgan fingerprint density at radius 3 is 3.00 bits per heavy atom. The van der Waals surface area contributed by atoms with Crippen LogP contribution in [0.1, 0.15) is 19.7 Å². The van der Waals surface area contributed by atoms with Gasteiger partial charge in [0.1, 0.15) is 12.2 Å². The molecule has 0 atom stereocenters. The molecule has 5 nitrogen and oxygen atoms in total. The number of rotatable bonds is 6. The van der Waals surface area contributed by atoms with Gasteiger partial charge >= 0.3 is 0 Å². The summed E-state index contributed by atoms with van der Waals surface area (Å²) in [4.78, 5) is 4.19. The summed E-state index contributed by atoms with van der Waals surface area (Å²) < 4.78 is 1.94. The van der Waals surface area contributed by atoms with Gasteiger partial charge in [0.05, 0.1) is 6.54 Å². The summed E-state index contributed by atoms with van der Waals surface area (Å²) >= 11 is 0. The Balaban J connectivity index is 2.45. The molecule has 1 heterocycles. The molecule has 0 spiro atoms. The average molecular weight is 197 g/mol. The third-order valence-electron chi connectivity index (χ3n) is 1.84. The van der Waals surface area contributed by atoms with Crippen molar-refractivity contribution in [1.29, 1.82) is 0 Å². The fraction of sp³-hybridized carbons (Fsp3) is 0.778. The lowest BCUT2D eigenvalue weighted by atomic mass is 10.2. The maximum atomic E-state index is 5.38. The number of nitrogens with one attached hydrogen (secondary N) is 1. The van der Waals surface area contributed by atoms with Crippen molar-refractivity contribution >= 4 is 0 Å². The summed E-state index contributed by atoms with van der Waals surface area (Å²) in [5.41, 5.74) is 5.38. The summed E-state index contributed by atoms with van der Waals surface area (Å²) in [6.45, 7) is 7.45. The van der Waals surface area contributed by atoms with Gasteiger partial charge in [0.25, 0.3) is 0 Å². The molecule has 3 N–H and O–H groups in total. The predicted octanol–water partition coefficient (Wildman–Crippen LogP) is -0.0176. The number of hydrogen-bond acceptors (Lipinski definition) is 4. The molecule has 0 radical (unpaired) electrons. The Hall–Kier alpha value is -0.940. The summed E-state index contributed by atoms with van der Waals surface area (Å²) in [6, 6.07) is 0. The highest BCUT2D eigenvalue weighted by Crippen LogP contribution is 2.00. The first kappa shape index (κ1) is 11.1. The maximum Gasteiger partial charge on any atom is 0.140 e. The second-order valence-corrected chi connectivity index (χ2v) is 3.72. The molecule has 80 valence electrons. The predicted molar refractivity (Wildman–Crippen MR) is 55.6 cm³/mol. The van der Waals surface area contributed by atoms with Crippen molar-refractivity contribution in [3.05, 3.63) is 12.2 Å². The smallest absolute Gasteiger partial charge is 0.140 e. The van der Waals surface area contributed by atoms with E-state index >= 15 is 0 Å². The van der Waals surface area contributed by atoms with Gasteiger partial charge in [0.2, 0.25) is 0 Å². The molecule has 0 aliphatic carbocycles. The van der Waals surface area contributed by atoms with E-state index in [2.05, 4.69) is 29.2 Å². The van der Waals surface area contributed by atoms with E-state index in [1.165, 1.54) is 0 Å². The quantitative estimate of drug-likeness (QED) is 0.629. The van der Waals surface area contributed by atoms with E-state index in [4.69, 9.17) is 5.73 Å². The molecule has 0 aliphatic heterocycles. The minimum Gasteiger partial charge on any atom is -0.329 e. The number of hydrogen-bond donors (Lipinski definition) is 2. The second kappa shape index (κ2) is 5.72. The van der Waals surface area contributed by atoms with Gasteiger partial charge in [-0.1, -0.05) is 13.8 Å². The van der Waals surface area contributed by atoms with Gasteiger partial charge < -0.3 is 11.1 Å². The monoisotopic (exact) mass is 197 g/mol. The molecule has 0 saturated carbocycles. The third kappa shape index (κ3) is 3.43. The Morgan fingerprint density at radius 2 is 2.36 bits per heavy atom. The Morgan fingerprint density at radius 1 is 1.57 bits per heavy atom. The minimum atomic E-state index is 0.588. The second-order valence-electron chi connectivity index (χ2n) is 3.72. The molecule has 0 fully saturated rings. The standard InChI is InChI=1S/C9H19N5/c1-8(2)6-14-9(12-7-13-14)5-11-4-3-10/h7-8,11H,3-6,10H2,1-2H3.